The van der Waals surface area contributed by atoms with E-state index in [-0.39, 0.29) is 29.4 Å². The molecule has 218 valence electrons. The van der Waals surface area contributed by atoms with Gasteiger partial charge in [0.1, 0.15) is 0 Å². The smallest absolute Gasteiger partial charge is 0.324 e. The van der Waals surface area contributed by atoms with Gasteiger partial charge in [0.25, 0.3) is 0 Å². The molecule has 0 saturated carbocycles. The highest BCUT2D eigenvalue weighted by atomic mass is 16.2. The molecular weight excluding hydrogens is 494 g/mol. The molecule has 2 saturated heterocycles. The van der Waals surface area contributed by atoms with Crippen molar-refractivity contribution in [3.63, 3.8) is 0 Å². The van der Waals surface area contributed by atoms with E-state index >= 15 is 0 Å². The van der Waals surface area contributed by atoms with Gasteiger partial charge in [-0.1, -0.05) is 57.4 Å². The first-order valence-electron chi connectivity index (χ1n) is 15.4. The number of nitrogens with zero attached hydrogens (tertiary/aromatic N) is 3. The Morgan fingerprint density at radius 1 is 0.692 bits per heavy atom. The van der Waals surface area contributed by atoms with Gasteiger partial charge in [0.15, 0.2) is 0 Å². The lowest BCUT2D eigenvalue weighted by molar-refractivity contribution is -0.128. The van der Waals surface area contributed by atoms with E-state index in [9.17, 15) is 19.2 Å². The Bertz CT molecular complexity index is 801. The van der Waals surface area contributed by atoms with Crippen LogP contribution in [0, 0.1) is 0 Å². The molecule has 0 spiro atoms. The summed E-state index contributed by atoms with van der Waals surface area (Å²) >= 11 is 0. The average molecular weight is 544 g/mol. The molecule has 0 unspecified atom stereocenters. The molecule has 0 bridgehead atoms. The zero-order valence-corrected chi connectivity index (χ0v) is 23.8. The van der Waals surface area contributed by atoms with Gasteiger partial charge in [-0.25, -0.2) is 9.59 Å². The van der Waals surface area contributed by atoms with Crippen molar-refractivity contribution < 1.29 is 19.2 Å². The highest BCUT2D eigenvalue weighted by Crippen LogP contribution is 2.30. The molecule has 3 aliphatic heterocycles. The van der Waals surface area contributed by atoms with E-state index in [0.29, 0.717) is 39.0 Å². The van der Waals surface area contributed by atoms with Crippen molar-refractivity contribution in [2.75, 3.05) is 26.2 Å². The van der Waals surface area contributed by atoms with Gasteiger partial charge in [-0.05, 0) is 57.4 Å². The third-order valence-corrected chi connectivity index (χ3v) is 8.09. The van der Waals surface area contributed by atoms with E-state index in [1.54, 1.807) is 0 Å². The summed E-state index contributed by atoms with van der Waals surface area (Å²) in [5, 5.41) is 5.83. The Balaban J connectivity index is 1.21. The van der Waals surface area contributed by atoms with E-state index in [2.05, 4.69) is 22.8 Å². The zero-order valence-electron chi connectivity index (χ0n) is 23.8. The number of unbranched alkanes of at least 4 members (excludes halogenated alkanes) is 6. The summed E-state index contributed by atoms with van der Waals surface area (Å²) in [7, 11) is 0. The van der Waals surface area contributed by atoms with Gasteiger partial charge < -0.3 is 10.6 Å². The monoisotopic (exact) mass is 543 g/mol. The van der Waals surface area contributed by atoms with Crippen LogP contribution in [-0.4, -0.2) is 71.6 Å². The van der Waals surface area contributed by atoms with Crippen LogP contribution in [0.25, 0.3) is 0 Å². The van der Waals surface area contributed by atoms with Gasteiger partial charge in [-0.15, -0.1) is 0 Å². The molecule has 2 fully saturated rings. The molecule has 9 nitrogen and oxygen atoms in total. The second-order valence-corrected chi connectivity index (χ2v) is 11.2. The number of amides is 6. The molecule has 0 aromatic carbocycles. The van der Waals surface area contributed by atoms with Crippen LogP contribution in [0.1, 0.15) is 116 Å². The molecule has 0 aliphatic carbocycles. The number of allylic oxidation sites excluding steroid dienone is 1. The fourth-order valence-electron chi connectivity index (χ4n) is 5.67. The van der Waals surface area contributed by atoms with Crippen molar-refractivity contribution >= 4 is 30.1 Å². The maximum Gasteiger partial charge on any atom is 0.324 e. The van der Waals surface area contributed by atoms with Crippen molar-refractivity contribution in [3.05, 3.63) is 12.2 Å². The standard InChI is InChI=1S/C30H49N5O4/c36-26-16-7-5-13-24-34(26)28(38)31-21-11-3-1-9-18-30(20-15-23-33-30)19-10-2-4-12-22-32-29(39)35-25-14-6-8-17-27(35)37/h15,20,23H,1-14,16-19,21-22,24-25H2,(H,31,38)(H,32,39). The SMILES string of the molecule is O=C1CCCCCN1C(=O)NCCCCCCC1(CCCCCCNC(=O)N2CCCCCC2=O)C=CC=N1. The number of aliphatic imine (C=N–C) groups is 1. The van der Waals surface area contributed by atoms with Crippen LogP contribution in [0.15, 0.2) is 17.1 Å². The van der Waals surface area contributed by atoms with Gasteiger partial charge in [0, 0.05) is 45.2 Å². The first-order valence-corrected chi connectivity index (χ1v) is 15.4. The Morgan fingerprint density at radius 2 is 1.18 bits per heavy atom. The molecule has 0 atom stereocenters. The second-order valence-electron chi connectivity index (χ2n) is 11.2. The largest absolute Gasteiger partial charge is 0.338 e. The minimum Gasteiger partial charge on any atom is -0.338 e. The van der Waals surface area contributed by atoms with Crippen LogP contribution in [-0.2, 0) is 9.59 Å². The summed E-state index contributed by atoms with van der Waals surface area (Å²) in [5.74, 6) is -0.0961. The molecule has 6 amide bonds. The van der Waals surface area contributed by atoms with E-state index in [1.807, 2.05) is 6.21 Å². The van der Waals surface area contributed by atoms with E-state index in [4.69, 9.17) is 4.99 Å². The van der Waals surface area contributed by atoms with Crippen LogP contribution in [0.3, 0.4) is 0 Å². The Hall–Kier alpha value is -2.71. The summed E-state index contributed by atoms with van der Waals surface area (Å²) in [6, 6.07) is -0.470. The van der Waals surface area contributed by atoms with Gasteiger partial charge in [0.05, 0.1) is 5.54 Å². The minimum absolute atomic E-state index is 0.0480. The Labute approximate surface area is 234 Å². The fourth-order valence-corrected chi connectivity index (χ4v) is 5.67. The number of carbonyl (C=O) groups is 4. The number of likely N-dealkylation sites (tertiary alicyclic amines) is 2. The zero-order chi connectivity index (χ0) is 27.8. The summed E-state index contributed by atoms with van der Waals surface area (Å²) < 4.78 is 0. The fraction of sp³-hybridized carbons (Fsp3) is 0.767. The first kappa shape index (κ1) is 30.8. The molecule has 39 heavy (non-hydrogen) atoms. The number of rotatable bonds is 14. The molecule has 0 aromatic rings. The second kappa shape index (κ2) is 17.1. The maximum absolute atomic E-state index is 12.3. The van der Waals surface area contributed by atoms with Gasteiger partial charge in [-0.2, -0.15) is 0 Å². The molecule has 0 aromatic heterocycles. The third kappa shape index (κ3) is 10.8. The number of urea groups is 2. The third-order valence-electron chi connectivity index (χ3n) is 8.09. The maximum atomic E-state index is 12.3. The number of imide groups is 2. The number of carbonyl (C=O) groups excluding carboxylic acids is 4. The molecule has 3 heterocycles. The molecule has 0 radical (unpaired) electrons. The summed E-state index contributed by atoms with van der Waals surface area (Å²) in [5.41, 5.74) is -0.0807. The van der Waals surface area contributed by atoms with E-state index in [1.165, 1.54) is 9.80 Å². The minimum atomic E-state index is -0.235. The number of nitrogens with one attached hydrogen (secondary N) is 2. The Kier molecular flexibility index (Phi) is 13.5. The predicted molar refractivity (Wildman–Crippen MR) is 154 cm³/mol. The molecule has 2 N–H and O–H groups in total. The number of hydrogen-bond acceptors (Lipinski definition) is 5. The number of hydrogen-bond donors (Lipinski definition) is 2. The lowest BCUT2D eigenvalue weighted by atomic mass is 9.87. The van der Waals surface area contributed by atoms with Crippen molar-refractivity contribution in [1.82, 2.24) is 20.4 Å². The van der Waals surface area contributed by atoms with Crippen LogP contribution in [0.2, 0.25) is 0 Å². The van der Waals surface area contributed by atoms with Gasteiger partial charge in [-0.3, -0.25) is 24.4 Å². The van der Waals surface area contributed by atoms with Crippen molar-refractivity contribution in [2.45, 2.75) is 121 Å². The van der Waals surface area contributed by atoms with Gasteiger partial charge in [0.2, 0.25) is 11.8 Å². The van der Waals surface area contributed by atoms with Crippen LogP contribution in [0.4, 0.5) is 9.59 Å². The van der Waals surface area contributed by atoms with Crippen LogP contribution >= 0.6 is 0 Å². The molecule has 9 heteroatoms. The van der Waals surface area contributed by atoms with Crippen molar-refractivity contribution in [3.8, 4) is 0 Å². The van der Waals surface area contributed by atoms with Gasteiger partial charge >= 0.3 is 12.1 Å². The normalized spacial score (nSPS) is 19.2. The van der Waals surface area contributed by atoms with E-state index in [0.717, 1.165) is 103 Å². The average Bonchev–Trinajstić information content (AvgIpc) is 3.13. The molecule has 3 aliphatic rings. The highest BCUT2D eigenvalue weighted by Gasteiger charge is 2.27. The summed E-state index contributed by atoms with van der Waals surface area (Å²) in [4.78, 5) is 56.3. The van der Waals surface area contributed by atoms with Crippen LogP contribution < -0.4 is 10.6 Å². The first-order chi connectivity index (χ1) is 19.0. The lowest BCUT2D eigenvalue weighted by Gasteiger charge is -2.24. The lowest BCUT2D eigenvalue weighted by Crippen LogP contribution is -2.43. The van der Waals surface area contributed by atoms with E-state index < -0.39 is 0 Å². The highest BCUT2D eigenvalue weighted by molar-refractivity contribution is 5.95. The predicted octanol–water partition coefficient (Wildman–Crippen LogP) is 5.49. The van der Waals surface area contributed by atoms with Crippen LogP contribution in [0.5, 0.6) is 0 Å². The summed E-state index contributed by atoms with van der Waals surface area (Å²) in [6.45, 7) is 2.30. The Morgan fingerprint density at radius 3 is 1.64 bits per heavy atom. The van der Waals surface area contributed by atoms with Crippen molar-refractivity contribution in [2.24, 2.45) is 4.99 Å². The quantitative estimate of drug-likeness (QED) is 0.282. The topological polar surface area (TPSA) is 111 Å². The summed E-state index contributed by atoms with van der Waals surface area (Å²) in [6.07, 6.45) is 23.2. The molecule has 3 rings (SSSR count). The van der Waals surface area contributed by atoms with Crippen molar-refractivity contribution in [1.29, 1.82) is 0 Å². The molecular formula is C30H49N5O4.